The topological polar surface area (TPSA) is 86.5 Å². The average Bonchev–Trinajstić information content (AvgIpc) is 2.16. The highest BCUT2D eigenvalue weighted by atomic mass is 35.7. The Bertz CT molecular complexity index is 628. The molecule has 0 aromatic heterocycles. The molecule has 11 heteroatoms. The van der Waals surface area contributed by atoms with E-state index in [1.54, 1.807) is 0 Å². The summed E-state index contributed by atoms with van der Waals surface area (Å²) < 4.78 is 61.9. The van der Waals surface area contributed by atoms with E-state index in [0.717, 1.165) is 13.0 Å². The Balaban J connectivity index is 3.53. The molecule has 19 heavy (non-hydrogen) atoms. The number of alkyl halides is 3. The summed E-state index contributed by atoms with van der Waals surface area (Å²) in [7, 11) is 0.668. The van der Waals surface area contributed by atoms with Gasteiger partial charge in [0.15, 0.2) is 0 Å². The molecule has 0 atom stereocenters. The van der Waals surface area contributed by atoms with Gasteiger partial charge in [0.25, 0.3) is 9.05 Å². The fourth-order valence-corrected chi connectivity index (χ4v) is 2.09. The van der Waals surface area contributed by atoms with Crippen LogP contribution in [0.25, 0.3) is 0 Å². The maximum Gasteiger partial charge on any atom is 0.573 e. The van der Waals surface area contributed by atoms with Gasteiger partial charge in [0, 0.05) is 16.7 Å². The van der Waals surface area contributed by atoms with Crippen molar-refractivity contribution in [3.05, 3.63) is 27.8 Å². The molecule has 0 fully saturated rings. The largest absolute Gasteiger partial charge is 0.573 e. The molecule has 0 amide bonds. The molecule has 1 aromatic carbocycles. The molecule has 0 heterocycles. The molecule has 0 radical (unpaired) electrons. The molecule has 0 spiro atoms. The first-order valence-electron chi connectivity index (χ1n) is 4.41. The van der Waals surface area contributed by atoms with Crippen LogP contribution in [0.2, 0.25) is 0 Å². The Labute approximate surface area is 109 Å². The van der Waals surface area contributed by atoms with Gasteiger partial charge in [0.1, 0.15) is 0 Å². The SMILES string of the molecule is Cc1cc(S(=O)(=O)Cl)cc([N+](=O)[O-])c1OC(F)(F)F. The fourth-order valence-electron chi connectivity index (χ4n) is 1.25. The highest BCUT2D eigenvalue weighted by Gasteiger charge is 2.36. The summed E-state index contributed by atoms with van der Waals surface area (Å²) in [6.45, 7) is 1.03. The van der Waals surface area contributed by atoms with Gasteiger partial charge in [-0.2, -0.15) is 0 Å². The number of ether oxygens (including phenoxy) is 1. The minimum atomic E-state index is -5.14. The molecule has 0 aliphatic rings. The molecule has 6 nitrogen and oxygen atoms in total. The van der Waals surface area contributed by atoms with Crippen molar-refractivity contribution in [3.63, 3.8) is 0 Å². The normalized spacial score (nSPS) is 12.3. The van der Waals surface area contributed by atoms with Gasteiger partial charge in [-0.1, -0.05) is 0 Å². The number of nitro groups is 1. The molecule has 0 aliphatic heterocycles. The van der Waals surface area contributed by atoms with Gasteiger partial charge in [0.2, 0.25) is 5.75 Å². The smallest absolute Gasteiger partial charge is 0.398 e. The highest BCUT2D eigenvalue weighted by molar-refractivity contribution is 8.13. The van der Waals surface area contributed by atoms with Crippen molar-refractivity contribution in [2.75, 3.05) is 0 Å². The summed E-state index contributed by atoms with van der Waals surface area (Å²) >= 11 is 0. The van der Waals surface area contributed by atoms with Gasteiger partial charge in [-0.25, -0.2) is 8.42 Å². The van der Waals surface area contributed by atoms with Crippen LogP contribution in [-0.4, -0.2) is 19.7 Å². The second kappa shape index (κ2) is 4.85. The number of hydrogen-bond donors (Lipinski definition) is 0. The van der Waals surface area contributed by atoms with Gasteiger partial charge in [-0.05, 0) is 18.6 Å². The first-order chi connectivity index (χ1) is 8.42. The molecule has 0 aliphatic carbocycles. The average molecular weight is 320 g/mol. The summed E-state index contributed by atoms with van der Waals surface area (Å²) in [5.74, 6) is -1.08. The van der Waals surface area contributed by atoms with Crippen LogP contribution in [-0.2, 0) is 9.05 Å². The van der Waals surface area contributed by atoms with Crippen molar-refractivity contribution < 1.29 is 31.2 Å². The van der Waals surface area contributed by atoms with Crippen LogP contribution in [0.5, 0.6) is 5.75 Å². The molecule has 0 saturated carbocycles. The van der Waals surface area contributed by atoms with E-state index in [-0.39, 0.29) is 5.56 Å². The van der Waals surface area contributed by atoms with Gasteiger partial charge in [0.05, 0.1) is 9.82 Å². The molecule has 0 saturated heterocycles. The Morgan fingerprint density at radius 1 is 1.37 bits per heavy atom. The summed E-state index contributed by atoms with van der Waals surface area (Å²) in [6.07, 6.45) is -5.14. The van der Waals surface area contributed by atoms with E-state index in [2.05, 4.69) is 4.74 Å². The zero-order chi connectivity index (χ0) is 15.0. The van der Waals surface area contributed by atoms with Gasteiger partial charge in [-0.15, -0.1) is 13.2 Å². The Morgan fingerprint density at radius 3 is 2.26 bits per heavy atom. The standard InChI is InChI=1S/C8H5ClF3NO5S/c1-4-2-5(19(9,16)17)3-6(13(14)15)7(4)18-8(10,11)12/h2-3H,1H3. The first kappa shape index (κ1) is 15.5. The molecule has 0 unspecified atom stereocenters. The van der Waals surface area contributed by atoms with E-state index in [1.807, 2.05) is 0 Å². The van der Waals surface area contributed by atoms with Crippen LogP contribution in [0.3, 0.4) is 0 Å². The molecule has 0 bridgehead atoms. The third-order valence-corrected chi connectivity index (χ3v) is 3.26. The van der Waals surface area contributed by atoms with E-state index >= 15 is 0 Å². The molecule has 106 valence electrons. The molecule has 1 rings (SSSR count). The van der Waals surface area contributed by atoms with Crippen LogP contribution >= 0.6 is 10.7 Å². The van der Waals surface area contributed by atoms with Crippen molar-refractivity contribution in [2.24, 2.45) is 0 Å². The van der Waals surface area contributed by atoms with Gasteiger partial charge < -0.3 is 4.74 Å². The predicted octanol–water partition coefficient (Wildman–Crippen LogP) is 2.73. The highest BCUT2D eigenvalue weighted by Crippen LogP contribution is 2.37. The Morgan fingerprint density at radius 2 is 1.89 bits per heavy atom. The second-order valence-corrected chi connectivity index (χ2v) is 5.90. The quantitative estimate of drug-likeness (QED) is 0.485. The molecule has 1 aromatic rings. The lowest BCUT2D eigenvalue weighted by atomic mass is 10.2. The summed E-state index contributed by atoms with van der Waals surface area (Å²) in [5.41, 5.74) is -1.53. The monoisotopic (exact) mass is 319 g/mol. The van der Waals surface area contributed by atoms with E-state index in [0.29, 0.717) is 6.07 Å². The molecular formula is C8H5ClF3NO5S. The number of nitrogens with zero attached hydrogens (tertiary/aromatic N) is 1. The van der Waals surface area contributed by atoms with Crippen LogP contribution in [0.15, 0.2) is 17.0 Å². The fraction of sp³-hybridized carbons (Fsp3) is 0.250. The second-order valence-electron chi connectivity index (χ2n) is 3.33. The maximum absolute atomic E-state index is 12.1. The lowest BCUT2D eigenvalue weighted by molar-refractivity contribution is -0.388. The van der Waals surface area contributed by atoms with Gasteiger partial charge in [-0.3, -0.25) is 10.1 Å². The number of halogens is 4. The van der Waals surface area contributed by atoms with Crippen LogP contribution < -0.4 is 4.74 Å². The Hall–Kier alpha value is -1.55. The first-order valence-corrected chi connectivity index (χ1v) is 6.72. The number of benzene rings is 1. The Kier molecular flexibility index (Phi) is 3.96. The predicted molar refractivity (Wildman–Crippen MR) is 57.6 cm³/mol. The molecular weight excluding hydrogens is 315 g/mol. The van der Waals surface area contributed by atoms with Crippen molar-refractivity contribution in [1.29, 1.82) is 0 Å². The van der Waals surface area contributed by atoms with Gasteiger partial charge >= 0.3 is 12.0 Å². The van der Waals surface area contributed by atoms with Crippen LogP contribution in [0.1, 0.15) is 5.56 Å². The minimum Gasteiger partial charge on any atom is -0.398 e. The third kappa shape index (κ3) is 3.96. The summed E-state index contributed by atoms with van der Waals surface area (Å²) in [4.78, 5) is 8.78. The lowest BCUT2D eigenvalue weighted by Crippen LogP contribution is -2.19. The lowest BCUT2D eigenvalue weighted by Gasteiger charge is -2.12. The zero-order valence-corrected chi connectivity index (χ0v) is 10.6. The van der Waals surface area contributed by atoms with Crippen LogP contribution in [0.4, 0.5) is 18.9 Å². The number of nitro benzene ring substituents is 1. The van der Waals surface area contributed by atoms with Crippen molar-refractivity contribution in [2.45, 2.75) is 18.2 Å². The number of rotatable bonds is 3. The van der Waals surface area contributed by atoms with E-state index in [4.69, 9.17) is 10.7 Å². The maximum atomic E-state index is 12.1. The zero-order valence-electron chi connectivity index (χ0n) is 9.06. The van der Waals surface area contributed by atoms with Crippen molar-refractivity contribution >= 4 is 25.4 Å². The summed E-state index contributed by atoms with van der Waals surface area (Å²) in [6, 6.07) is 1.15. The summed E-state index contributed by atoms with van der Waals surface area (Å²) in [5, 5.41) is 10.7. The molecule has 0 N–H and O–H groups in total. The number of hydrogen-bond acceptors (Lipinski definition) is 5. The van der Waals surface area contributed by atoms with E-state index < -0.39 is 36.7 Å². The number of aryl methyl sites for hydroxylation is 1. The third-order valence-electron chi connectivity index (χ3n) is 1.92. The van der Waals surface area contributed by atoms with E-state index in [1.165, 1.54) is 0 Å². The van der Waals surface area contributed by atoms with Crippen molar-refractivity contribution in [1.82, 2.24) is 0 Å². The van der Waals surface area contributed by atoms with E-state index in [9.17, 15) is 31.7 Å². The minimum absolute atomic E-state index is 0.384. The van der Waals surface area contributed by atoms with Crippen LogP contribution in [0, 0.1) is 17.0 Å². The van der Waals surface area contributed by atoms with Crippen molar-refractivity contribution in [3.8, 4) is 5.75 Å².